The lowest BCUT2D eigenvalue weighted by molar-refractivity contribution is 0.874. The predicted molar refractivity (Wildman–Crippen MR) is 55.8 cm³/mol. The summed E-state index contributed by atoms with van der Waals surface area (Å²) in [5, 5.41) is 4.20. The summed E-state index contributed by atoms with van der Waals surface area (Å²) in [7, 11) is 0. The highest BCUT2D eigenvalue weighted by atomic mass is 15.3. The lowest BCUT2D eigenvalue weighted by Crippen LogP contribution is -2.05. The van der Waals surface area contributed by atoms with Crippen molar-refractivity contribution >= 4 is 11.5 Å². The second-order valence-corrected chi connectivity index (χ2v) is 3.23. The largest absolute Gasteiger partial charge is 0.261 e. The molecule has 0 spiro atoms. The molecule has 0 unspecified atom stereocenters. The van der Waals surface area contributed by atoms with Crippen LogP contribution in [-0.4, -0.2) is 10.7 Å². The Morgan fingerprint density at radius 2 is 2.23 bits per heavy atom. The van der Waals surface area contributed by atoms with Gasteiger partial charge in [0.1, 0.15) is 5.82 Å². The van der Waals surface area contributed by atoms with E-state index in [4.69, 9.17) is 0 Å². The van der Waals surface area contributed by atoms with Gasteiger partial charge in [-0.15, -0.1) is 0 Å². The Balaban J connectivity index is 2.57. The summed E-state index contributed by atoms with van der Waals surface area (Å²) in [4.78, 5) is 4.09. The van der Waals surface area contributed by atoms with Crippen molar-refractivity contribution in [1.82, 2.24) is 4.98 Å². The number of anilines is 1. The van der Waals surface area contributed by atoms with Gasteiger partial charge in [0.25, 0.3) is 0 Å². The Morgan fingerprint density at radius 3 is 2.77 bits per heavy atom. The lowest BCUT2D eigenvalue weighted by atomic mass is 10.1. The van der Waals surface area contributed by atoms with Crippen molar-refractivity contribution in [1.29, 1.82) is 0 Å². The van der Waals surface area contributed by atoms with E-state index in [0.29, 0.717) is 5.92 Å². The maximum Gasteiger partial charge on any atom is 0.146 e. The average molecular weight is 177 g/mol. The number of hydrazone groups is 1. The van der Waals surface area contributed by atoms with E-state index in [0.717, 1.165) is 11.5 Å². The van der Waals surface area contributed by atoms with Crippen LogP contribution in [0.2, 0.25) is 0 Å². The summed E-state index contributed by atoms with van der Waals surface area (Å²) in [5.74, 6) is 1.25. The van der Waals surface area contributed by atoms with Gasteiger partial charge in [0.05, 0.1) is 0 Å². The molecule has 13 heavy (non-hydrogen) atoms. The molecule has 0 aliphatic heterocycles. The van der Waals surface area contributed by atoms with Crippen LogP contribution < -0.4 is 5.43 Å². The molecule has 1 heterocycles. The number of hydrogen-bond donors (Lipinski definition) is 1. The zero-order valence-corrected chi connectivity index (χ0v) is 8.28. The van der Waals surface area contributed by atoms with Gasteiger partial charge < -0.3 is 0 Å². The number of aromatic nitrogens is 1. The summed E-state index contributed by atoms with van der Waals surface area (Å²) >= 11 is 0. The summed E-state index contributed by atoms with van der Waals surface area (Å²) in [5.41, 5.74) is 3.98. The van der Waals surface area contributed by atoms with Crippen LogP contribution in [0.15, 0.2) is 29.5 Å². The van der Waals surface area contributed by atoms with Crippen LogP contribution in [0.1, 0.15) is 20.8 Å². The van der Waals surface area contributed by atoms with Gasteiger partial charge in [0.15, 0.2) is 0 Å². The molecule has 1 aromatic rings. The van der Waals surface area contributed by atoms with Crippen molar-refractivity contribution in [3.63, 3.8) is 0 Å². The molecule has 0 aliphatic carbocycles. The fourth-order valence-corrected chi connectivity index (χ4v) is 0.703. The predicted octanol–water partition coefficient (Wildman–Crippen LogP) is 2.53. The molecule has 70 valence electrons. The molecule has 0 amide bonds. The molecule has 0 bridgehead atoms. The van der Waals surface area contributed by atoms with Crippen molar-refractivity contribution in [2.24, 2.45) is 11.0 Å². The quantitative estimate of drug-likeness (QED) is 0.569. The number of hydrogen-bond acceptors (Lipinski definition) is 3. The molecular weight excluding hydrogens is 162 g/mol. The molecular formula is C10H15N3. The van der Waals surface area contributed by atoms with Crippen LogP contribution >= 0.6 is 0 Å². The maximum atomic E-state index is 4.20. The van der Waals surface area contributed by atoms with E-state index in [1.165, 1.54) is 0 Å². The summed E-state index contributed by atoms with van der Waals surface area (Å²) in [6.07, 6.45) is 1.74. The minimum atomic E-state index is 0.469. The highest BCUT2D eigenvalue weighted by molar-refractivity contribution is 5.84. The fourth-order valence-electron chi connectivity index (χ4n) is 0.703. The molecule has 1 aromatic heterocycles. The summed E-state index contributed by atoms with van der Waals surface area (Å²) in [6.45, 7) is 6.22. The Kier molecular flexibility index (Phi) is 3.43. The first-order valence-corrected chi connectivity index (χ1v) is 4.41. The van der Waals surface area contributed by atoms with Gasteiger partial charge in [-0.2, -0.15) is 5.10 Å². The van der Waals surface area contributed by atoms with E-state index < -0.39 is 0 Å². The highest BCUT2D eigenvalue weighted by Gasteiger charge is 1.96. The maximum absolute atomic E-state index is 4.20. The van der Waals surface area contributed by atoms with Gasteiger partial charge in [-0.25, -0.2) is 4.98 Å². The molecule has 0 aliphatic rings. The Morgan fingerprint density at radius 1 is 1.46 bits per heavy atom. The summed E-state index contributed by atoms with van der Waals surface area (Å²) < 4.78 is 0. The average Bonchev–Trinajstić information content (AvgIpc) is 2.15. The van der Waals surface area contributed by atoms with Crippen LogP contribution in [0.3, 0.4) is 0 Å². The van der Waals surface area contributed by atoms with Crippen molar-refractivity contribution in [2.75, 3.05) is 5.43 Å². The van der Waals surface area contributed by atoms with Crippen LogP contribution in [0.4, 0.5) is 5.82 Å². The second-order valence-electron chi connectivity index (χ2n) is 3.23. The minimum Gasteiger partial charge on any atom is -0.261 e. The molecule has 0 radical (unpaired) electrons. The van der Waals surface area contributed by atoms with Gasteiger partial charge >= 0.3 is 0 Å². The van der Waals surface area contributed by atoms with Crippen LogP contribution in [0, 0.1) is 5.92 Å². The van der Waals surface area contributed by atoms with Crippen molar-refractivity contribution in [3.8, 4) is 0 Å². The van der Waals surface area contributed by atoms with Gasteiger partial charge in [-0.05, 0) is 25.0 Å². The molecule has 0 atom stereocenters. The topological polar surface area (TPSA) is 37.3 Å². The Hall–Kier alpha value is -1.38. The van der Waals surface area contributed by atoms with Gasteiger partial charge in [-0.3, -0.25) is 5.43 Å². The van der Waals surface area contributed by atoms with Crippen LogP contribution in [0.5, 0.6) is 0 Å². The molecule has 0 saturated heterocycles. The van der Waals surface area contributed by atoms with Crippen LogP contribution in [0.25, 0.3) is 0 Å². The third-order valence-electron chi connectivity index (χ3n) is 1.85. The lowest BCUT2D eigenvalue weighted by Gasteiger charge is -2.04. The number of rotatable bonds is 3. The van der Waals surface area contributed by atoms with E-state index in [-0.39, 0.29) is 0 Å². The van der Waals surface area contributed by atoms with E-state index in [1.54, 1.807) is 6.20 Å². The molecule has 1 N–H and O–H groups in total. The van der Waals surface area contributed by atoms with E-state index in [2.05, 4.69) is 29.4 Å². The van der Waals surface area contributed by atoms with Crippen molar-refractivity contribution < 1.29 is 0 Å². The minimum absolute atomic E-state index is 0.469. The Labute approximate surface area is 78.9 Å². The number of pyridine rings is 1. The van der Waals surface area contributed by atoms with Crippen molar-refractivity contribution in [2.45, 2.75) is 20.8 Å². The van der Waals surface area contributed by atoms with Gasteiger partial charge in [-0.1, -0.05) is 19.9 Å². The van der Waals surface area contributed by atoms with Gasteiger partial charge in [0.2, 0.25) is 0 Å². The second kappa shape index (κ2) is 4.60. The molecule has 3 nitrogen and oxygen atoms in total. The standard InChI is InChI=1S/C10H15N3/c1-8(2)9(3)12-13-10-6-4-5-7-11-10/h4-8H,1-3H3,(H,11,13)/b12-9+. The molecule has 0 fully saturated rings. The monoisotopic (exact) mass is 177 g/mol. The summed E-state index contributed by atoms with van der Waals surface area (Å²) in [6, 6.07) is 5.69. The zero-order chi connectivity index (χ0) is 9.68. The third kappa shape index (κ3) is 3.23. The number of nitrogens with zero attached hydrogens (tertiary/aromatic N) is 2. The molecule has 1 rings (SSSR count). The first kappa shape index (κ1) is 9.71. The Bertz CT molecular complexity index is 277. The first-order chi connectivity index (χ1) is 6.20. The van der Waals surface area contributed by atoms with Crippen LogP contribution in [-0.2, 0) is 0 Å². The van der Waals surface area contributed by atoms with Gasteiger partial charge in [0, 0.05) is 11.9 Å². The smallest absolute Gasteiger partial charge is 0.146 e. The molecule has 0 aromatic carbocycles. The fraction of sp³-hybridized carbons (Fsp3) is 0.400. The molecule has 0 saturated carbocycles. The van der Waals surface area contributed by atoms with E-state index in [1.807, 2.05) is 25.1 Å². The van der Waals surface area contributed by atoms with E-state index >= 15 is 0 Å². The normalized spacial score (nSPS) is 11.8. The number of nitrogens with one attached hydrogen (secondary N) is 1. The third-order valence-corrected chi connectivity index (χ3v) is 1.85. The SMILES string of the molecule is C/C(=N\Nc1ccccn1)C(C)C. The van der Waals surface area contributed by atoms with E-state index in [9.17, 15) is 0 Å². The first-order valence-electron chi connectivity index (χ1n) is 4.41. The molecule has 3 heteroatoms. The zero-order valence-electron chi connectivity index (χ0n) is 8.28. The van der Waals surface area contributed by atoms with Crippen molar-refractivity contribution in [3.05, 3.63) is 24.4 Å². The highest BCUT2D eigenvalue weighted by Crippen LogP contribution is 2.01.